The molecule has 2 amide bonds. The number of hydrogen-bond acceptors (Lipinski definition) is 3. The van der Waals surface area contributed by atoms with Gasteiger partial charge in [-0.05, 0) is 42.2 Å². The van der Waals surface area contributed by atoms with Crippen LogP contribution in [0.2, 0.25) is 0 Å². The molecule has 1 heterocycles. The van der Waals surface area contributed by atoms with E-state index in [-0.39, 0.29) is 17.9 Å². The maximum atomic E-state index is 12.9. The van der Waals surface area contributed by atoms with Gasteiger partial charge in [0.25, 0.3) is 5.91 Å². The van der Waals surface area contributed by atoms with Crippen LogP contribution >= 0.6 is 0 Å². The van der Waals surface area contributed by atoms with Gasteiger partial charge in [-0.25, -0.2) is 0 Å². The van der Waals surface area contributed by atoms with Crippen molar-refractivity contribution in [3.05, 3.63) is 59.7 Å². The Labute approximate surface area is 166 Å². The number of benzene rings is 2. The number of amides is 2. The van der Waals surface area contributed by atoms with Gasteiger partial charge in [0.2, 0.25) is 5.91 Å². The topological polar surface area (TPSA) is 49.9 Å². The Morgan fingerprint density at radius 3 is 2.57 bits per heavy atom. The largest absolute Gasteiger partial charge is 0.377 e. The SMILES string of the molecule is C[C@@H]1CN(C(=O)c2cccc(-c3ccc(CC(=O)N(C)C)cc3)c2)CCCO1. The van der Waals surface area contributed by atoms with Crippen molar-refractivity contribution >= 4 is 11.8 Å². The minimum Gasteiger partial charge on any atom is -0.377 e. The van der Waals surface area contributed by atoms with E-state index in [2.05, 4.69) is 0 Å². The average Bonchev–Trinajstić information content (AvgIpc) is 2.92. The van der Waals surface area contributed by atoms with Crippen LogP contribution in [0.5, 0.6) is 0 Å². The summed E-state index contributed by atoms with van der Waals surface area (Å²) in [7, 11) is 3.52. The van der Waals surface area contributed by atoms with Gasteiger partial charge in [0.15, 0.2) is 0 Å². The van der Waals surface area contributed by atoms with Crippen molar-refractivity contribution in [2.75, 3.05) is 33.8 Å². The number of nitrogens with zero attached hydrogens (tertiary/aromatic N) is 2. The number of carbonyl (C=O) groups excluding carboxylic acids is 2. The Hall–Kier alpha value is -2.66. The van der Waals surface area contributed by atoms with Crippen LogP contribution in [0.3, 0.4) is 0 Å². The van der Waals surface area contributed by atoms with Crippen LogP contribution in [0.4, 0.5) is 0 Å². The quantitative estimate of drug-likeness (QED) is 0.818. The molecule has 2 aromatic rings. The summed E-state index contributed by atoms with van der Waals surface area (Å²) in [5.74, 6) is 0.128. The smallest absolute Gasteiger partial charge is 0.253 e. The Kier molecular flexibility index (Phi) is 6.47. The first-order valence-electron chi connectivity index (χ1n) is 9.74. The molecule has 0 bridgehead atoms. The van der Waals surface area contributed by atoms with Crippen molar-refractivity contribution < 1.29 is 14.3 Å². The second kappa shape index (κ2) is 9.02. The van der Waals surface area contributed by atoms with E-state index in [1.165, 1.54) is 0 Å². The fourth-order valence-corrected chi connectivity index (χ4v) is 3.34. The summed E-state index contributed by atoms with van der Waals surface area (Å²) in [6.45, 7) is 4.05. The molecule has 0 radical (unpaired) electrons. The summed E-state index contributed by atoms with van der Waals surface area (Å²) >= 11 is 0. The van der Waals surface area contributed by atoms with Crippen LogP contribution in [0, 0.1) is 0 Å². The Balaban J connectivity index is 1.75. The van der Waals surface area contributed by atoms with Gasteiger partial charge in [0, 0.05) is 39.4 Å². The molecule has 1 saturated heterocycles. The lowest BCUT2D eigenvalue weighted by Crippen LogP contribution is -2.35. The van der Waals surface area contributed by atoms with E-state index in [1.807, 2.05) is 60.4 Å². The van der Waals surface area contributed by atoms with Gasteiger partial charge < -0.3 is 14.5 Å². The maximum Gasteiger partial charge on any atom is 0.253 e. The number of carbonyl (C=O) groups is 2. The summed E-state index contributed by atoms with van der Waals surface area (Å²) < 4.78 is 5.64. The molecule has 0 aromatic heterocycles. The lowest BCUT2D eigenvalue weighted by Gasteiger charge is -2.22. The fourth-order valence-electron chi connectivity index (χ4n) is 3.34. The van der Waals surface area contributed by atoms with Gasteiger partial charge in [-0.1, -0.05) is 36.4 Å². The highest BCUT2D eigenvalue weighted by Gasteiger charge is 2.21. The van der Waals surface area contributed by atoms with Crippen LogP contribution in [0.15, 0.2) is 48.5 Å². The van der Waals surface area contributed by atoms with Gasteiger partial charge in [0.1, 0.15) is 0 Å². The lowest BCUT2D eigenvalue weighted by molar-refractivity contribution is -0.127. The monoisotopic (exact) mass is 380 g/mol. The van der Waals surface area contributed by atoms with Crippen molar-refractivity contribution in [1.29, 1.82) is 0 Å². The molecule has 1 aliphatic heterocycles. The van der Waals surface area contributed by atoms with Crippen molar-refractivity contribution in [1.82, 2.24) is 9.80 Å². The molecule has 5 nitrogen and oxygen atoms in total. The van der Waals surface area contributed by atoms with Gasteiger partial charge in [-0.15, -0.1) is 0 Å². The van der Waals surface area contributed by atoms with E-state index < -0.39 is 0 Å². The van der Waals surface area contributed by atoms with Crippen molar-refractivity contribution in [3.63, 3.8) is 0 Å². The highest BCUT2D eigenvalue weighted by Crippen LogP contribution is 2.22. The van der Waals surface area contributed by atoms with Crippen LogP contribution in [-0.2, 0) is 16.0 Å². The van der Waals surface area contributed by atoms with Gasteiger partial charge in [-0.2, -0.15) is 0 Å². The van der Waals surface area contributed by atoms with Gasteiger partial charge in [-0.3, -0.25) is 9.59 Å². The summed E-state index contributed by atoms with van der Waals surface area (Å²) in [6.07, 6.45) is 1.32. The highest BCUT2D eigenvalue weighted by molar-refractivity contribution is 5.95. The van der Waals surface area contributed by atoms with Crippen LogP contribution < -0.4 is 0 Å². The van der Waals surface area contributed by atoms with E-state index >= 15 is 0 Å². The normalized spacial score (nSPS) is 17.1. The van der Waals surface area contributed by atoms with Gasteiger partial charge >= 0.3 is 0 Å². The molecule has 0 saturated carbocycles. The molecule has 0 aliphatic carbocycles. The number of rotatable bonds is 4. The molecular formula is C23H28N2O3. The first-order chi connectivity index (χ1) is 13.4. The molecule has 0 spiro atoms. The van der Waals surface area contributed by atoms with Crippen LogP contribution in [-0.4, -0.2) is 61.5 Å². The molecule has 0 N–H and O–H groups in total. The first kappa shape index (κ1) is 20.1. The molecule has 2 aromatic carbocycles. The third-order valence-corrected chi connectivity index (χ3v) is 4.99. The maximum absolute atomic E-state index is 12.9. The van der Waals surface area contributed by atoms with E-state index in [0.29, 0.717) is 25.1 Å². The van der Waals surface area contributed by atoms with E-state index in [4.69, 9.17) is 4.74 Å². The molecule has 5 heteroatoms. The standard InChI is InChI=1S/C23H28N2O3/c1-17-16-25(12-5-13-28-17)23(27)21-7-4-6-20(15-21)19-10-8-18(9-11-19)14-22(26)24(2)3/h4,6-11,15,17H,5,12-14,16H2,1-3H3/t17-/m1/s1. The molecule has 1 fully saturated rings. The van der Waals surface area contributed by atoms with E-state index in [9.17, 15) is 9.59 Å². The summed E-state index contributed by atoms with van der Waals surface area (Å²) in [4.78, 5) is 28.3. The lowest BCUT2D eigenvalue weighted by atomic mass is 10.0. The summed E-state index contributed by atoms with van der Waals surface area (Å²) in [6, 6.07) is 15.7. The third-order valence-electron chi connectivity index (χ3n) is 4.99. The molecule has 0 unspecified atom stereocenters. The molecule has 1 atom stereocenters. The fraction of sp³-hybridized carbons (Fsp3) is 0.391. The summed E-state index contributed by atoms with van der Waals surface area (Å²) in [5.41, 5.74) is 3.70. The summed E-state index contributed by atoms with van der Waals surface area (Å²) in [5, 5.41) is 0. The number of hydrogen-bond donors (Lipinski definition) is 0. The molecule has 28 heavy (non-hydrogen) atoms. The minimum absolute atomic E-state index is 0.0485. The predicted molar refractivity (Wildman–Crippen MR) is 110 cm³/mol. The second-order valence-corrected chi connectivity index (χ2v) is 7.53. The Morgan fingerprint density at radius 1 is 1.11 bits per heavy atom. The molecular weight excluding hydrogens is 352 g/mol. The molecule has 148 valence electrons. The van der Waals surface area contributed by atoms with Crippen LogP contribution in [0.1, 0.15) is 29.3 Å². The van der Waals surface area contributed by atoms with E-state index in [1.54, 1.807) is 19.0 Å². The zero-order chi connectivity index (χ0) is 20.1. The average molecular weight is 380 g/mol. The van der Waals surface area contributed by atoms with Crippen molar-refractivity contribution in [2.24, 2.45) is 0 Å². The predicted octanol–water partition coefficient (Wildman–Crippen LogP) is 3.24. The van der Waals surface area contributed by atoms with Crippen molar-refractivity contribution in [2.45, 2.75) is 25.9 Å². The van der Waals surface area contributed by atoms with Crippen LogP contribution in [0.25, 0.3) is 11.1 Å². The highest BCUT2D eigenvalue weighted by atomic mass is 16.5. The number of ether oxygens (including phenoxy) is 1. The Bertz CT molecular complexity index is 830. The zero-order valence-corrected chi connectivity index (χ0v) is 16.9. The third kappa shape index (κ3) is 4.98. The minimum atomic E-state index is 0.0485. The second-order valence-electron chi connectivity index (χ2n) is 7.53. The van der Waals surface area contributed by atoms with Crippen molar-refractivity contribution in [3.8, 4) is 11.1 Å². The zero-order valence-electron chi connectivity index (χ0n) is 16.9. The first-order valence-corrected chi connectivity index (χ1v) is 9.74. The van der Waals surface area contributed by atoms with Gasteiger partial charge in [0.05, 0.1) is 12.5 Å². The van der Waals surface area contributed by atoms with E-state index in [0.717, 1.165) is 29.7 Å². The Morgan fingerprint density at radius 2 is 1.86 bits per heavy atom. The number of likely N-dealkylation sites (N-methyl/N-ethyl adjacent to an activating group) is 1. The molecule has 3 rings (SSSR count). The molecule has 1 aliphatic rings.